The first-order valence-electron chi connectivity index (χ1n) is 4.54. The molecule has 2 N–H and O–H groups in total. The van der Waals surface area contributed by atoms with Crippen molar-refractivity contribution in [1.82, 2.24) is 4.98 Å². The van der Waals surface area contributed by atoms with E-state index in [-0.39, 0.29) is 5.54 Å². The van der Waals surface area contributed by atoms with Gasteiger partial charge in [-0.2, -0.15) is 0 Å². The van der Waals surface area contributed by atoms with Gasteiger partial charge in [-0.1, -0.05) is 12.1 Å². The van der Waals surface area contributed by atoms with Crippen LogP contribution in [0.1, 0.15) is 20.8 Å². The van der Waals surface area contributed by atoms with Crippen LogP contribution in [0.4, 0.5) is 0 Å². The summed E-state index contributed by atoms with van der Waals surface area (Å²) in [6.45, 7) is 5.90. The predicted molar refractivity (Wildman–Crippen MR) is 63.6 cm³/mol. The lowest BCUT2D eigenvalue weighted by Crippen LogP contribution is -2.26. The molecule has 2 rings (SSSR count). The van der Waals surface area contributed by atoms with Crippen LogP contribution in [0.5, 0.6) is 0 Å². The number of hydrogen-bond donors (Lipinski definition) is 1. The summed E-state index contributed by atoms with van der Waals surface area (Å²) in [5.41, 5.74) is 8.32. The number of hydrogen-bond acceptors (Lipinski definition) is 3. The molecule has 0 aliphatic heterocycles. The molecule has 14 heavy (non-hydrogen) atoms. The molecular weight excluding hydrogens is 192 g/mol. The van der Waals surface area contributed by atoms with Crippen LogP contribution in [-0.2, 0) is 0 Å². The Hall–Kier alpha value is -0.930. The molecule has 1 heterocycles. The molecule has 1 aromatic carbocycles. The molecule has 0 saturated heterocycles. The molecule has 0 spiro atoms. The van der Waals surface area contributed by atoms with Crippen molar-refractivity contribution < 1.29 is 0 Å². The molecule has 3 heteroatoms. The Morgan fingerprint density at radius 1 is 1.21 bits per heavy atom. The third-order valence-electron chi connectivity index (χ3n) is 1.24. The van der Waals surface area contributed by atoms with Gasteiger partial charge < -0.3 is 5.73 Å². The van der Waals surface area contributed by atoms with Crippen LogP contribution in [-0.4, -0.2) is 10.5 Å². The van der Waals surface area contributed by atoms with Gasteiger partial charge in [-0.05, 0) is 32.9 Å². The molecule has 76 valence electrons. The van der Waals surface area contributed by atoms with Gasteiger partial charge in [0.05, 0.1) is 15.7 Å². The fraction of sp³-hybridized carbons (Fsp3) is 0.364. The van der Waals surface area contributed by atoms with Crippen molar-refractivity contribution in [2.45, 2.75) is 26.3 Å². The third-order valence-corrected chi connectivity index (χ3v) is 2.05. The first kappa shape index (κ1) is 11.1. The Kier molecular flexibility index (Phi) is 3.61. The van der Waals surface area contributed by atoms with E-state index in [1.165, 1.54) is 4.70 Å². The monoisotopic (exact) mass is 208 g/mol. The van der Waals surface area contributed by atoms with Crippen molar-refractivity contribution >= 4 is 21.6 Å². The normalized spacial score (nSPS) is 10.9. The molecule has 1 aromatic heterocycles. The van der Waals surface area contributed by atoms with Crippen LogP contribution >= 0.6 is 11.3 Å². The second kappa shape index (κ2) is 4.53. The van der Waals surface area contributed by atoms with E-state index >= 15 is 0 Å². The van der Waals surface area contributed by atoms with Gasteiger partial charge in [0, 0.05) is 5.54 Å². The van der Waals surface area contributed by atoms with Crippen molar-refractivity contribution in [3.05, 3.63) is 29.8 Å². The van der Waals surface area contributed by atoms with Gasteiger partial charge >= 0.3 is 0 Å². The van der Waals surface area contributed by atoms with Gasteiger partial charge in [-0.3, -0.25) is 0 Å². The molecular formula is C11H16N2S. The number of nitrogens with two attached hydrogens (primary N) is 1. The highest BCUT2D eigenvalue weighted by Crippen LogP contribution is 2.15. The number of nitrogens with zero attached hydrogens (tertiary/aromatic N) is 1. The second-order valence-corrected chi connectivity index (χ2v) is 5.07. The predicted octanol–water partition coefficient (Wildman–Crippen LogP) is 3.04. The van der Waals surface area contributed by atoms with Crippen molar-refractivity contribution in [1.29, 1.82) is 0 Å². The van der Waals surface area contributed by atoms with E-state index in [1.54, 1.807) is 11.3 Å². The van der Waals surface area contributed by atoms with Crippen molar-refractivity contribution in [3.63, 3.8) is 0 Å². The summed E-state index contributed by atoms with van der Waals surface area (Å²) in [5, 5.41) is 0. The summed E-state index contributed by atoms with van der Waals surface area (Å²) in [4.78, 5) is 4.14. The van der Waals surface area contributed by atoms with Crippen LogP contribution in [0.15, 0.2) is 29.8 Å². The Labute approximate surface area is 88.8 Å². The van der Waals surface area contributed by atoms with E-state index in [0.29, 0.717) is 0 Å². The van der Waals surface area contributed by atoms with Crippen LogP contribution in [0, 0.1) is 0 Å². The lowest BCUT2D eigenvalue weighted by Gasteiger charge is -2.06. The fourth-order valence-corrected chi connectivity index (χ4v) is 1.48. The van der Waals surface area contributed by atoms with Gasteiger partial charge in [0.25, 0.3) is 0 Å². The Morgan fingerprint density at radius 3 is 2.36 bits per heavy atom. The summed E-state index contributed by atoms with van der Waals surface area (Å²) in [5.74, 6) is 0. The molecule has 0 fully saturated rings. The smallest absolute Gasteiger partial charge is 0.0812 e. The quantitative estimate of drug-likeness (QED) is 0.722. The van der Waals surface area contributed by atoms with Gasteiger partial charge in [-0.15, -0.1) is 11.3 Å². The highest BCUT2D eigenvalue weighted by atomic mass is 32.1. The fourth-order valence-electron chi connectivity index (χ4n) is 0.803. The molecule has 0 aliphatic rings. The van der Waals surface area contributed by atoms with E-state index in [9.17, 15) is 0 Å². The van der Waals surface area contributed by atoms with E-state index in [2.05, 4.69) is 11.1 Å². The third kappa shape index (κ3) is 4.35. The minimum absolute atomic E-state index is 0. The second-order valence-electron chi connectivity index (χ2n) is 4.19. The lowest BCUT2D eigenvalue weighted by atomic mass is 10.1. The maximum absolute atomic E-state index is 5.35. The number of aromatic nitrogens is 1. The molecule has 0 saturated carbocycles. The molecule has 2 aromatic rings. The lowest BCUT2D eigenvalue weighted by molar-refractivity contribution is 0.580. The largest absolute Gasteiger partial charge is 0.326 e. The summed E-state index contributed by atoms with van der Waals surface area (Å²) < 4.78 is 1.26. The zero-order chi connectivity index (χ0) is 10.6. The van der Waals surface area contributed by atoms with Crippen LogP contribution in [0.25, 0.3) is 10.2 Å². The van der Waals surface area contributed by atoms with Crippen LogP contribution in [0.3, 0.4) is 0 Å². The molecule has 0 amide bonds. The molecule has 0 radical (unpaired) electrons. The molecule has 0 unspecified atom stereocenters. The number of thiazole rings is 1. The minimum atomic E-state index is 0. The molecule has 2 nitrogen and oxygen atoms in total. The highest BCUT2D eigenvalue weighted by molar-refractivity contribution is 7.16. The molecule has 0 bridgehead atoms. The maximum atomic E-state index is 5.35. The summed E-state index contributed by atoms with van der Waals surface area (Å²) in [7, 11) is 0. The maximum Gasteiger partial charge on any atom is 0.0812 e. The summed E-state index contributed by atoms with van der Waals surface area (Å²) in [6, 6.07) is 8.13. The number of rotatable bonds is 0. The van der Waals surface area contributed by atoms with Gasteiger partial charge in [0.15, 0.2) is 0 Å². The number of para-hydroxylation sites is 1. The molecule has 0 aliphatic carbocycles. The van der Waals surface area contributed by atoms with E-state index < -0.39 is 0 Å². The Morgan fingerprint density at radius 2 is 1.79 bits per heavy atom. The Bertz CT molecular complexity index is 351. The highest BCUT2D eigenvalue weighted by Gasteiger charge is 1.95. The summed E-state index contributed by atoms with van der Waals surface area (Å²) in [6.07, 6.45) is 0. The molecule has 0 atom stereocenters. The topological polar surface area (TPSA) is 38.9 Å². The standard InChI is InChI=1S/C7H5NS.C4H11N/c1-2-4-7-6(3-1)8-5-9-7;1-4(2,3)5/h1-5H;5H2,1-3H3. The number of fused-ring (bicyclic) bond motifs is 1. The van der Waals surface area contributed by atoms with Crippen molar-refractivity contribution in [3.8, 4) is 0 Å². The van der Waals surface area contributed by atoms with Crippen molar-refractivity contribution in [2.75, 3.05) is 0 Å². The average Bonchev–Trinajstić information content (AvgIpc) is 2.47. The van der Waals surface area contributed by atoms with Gasteiger partial charge in [0.2, 0.25) is 0 Å². The first-order valence-corrected chi connectivity index (χ1v) is 5.42. The van der Waals surface area contributed by atoms with E-state index in [4.69, 9.17) is 5.73 Å². The number of benzene rings is 1. The van der Waals surface area contributed by atoms with Crippen LogP contribution < -0.4 is 5.73 Å². The van der Waals surface area contributed by atoms with E-state index in [0.717, 1.165) is 5.52 Å². The van der Waals surface area contributed by atoms with Gasteiger partial charge in [0.1, 0.15) is 0 Å². The van der Waals surface area contributed by atoms with Crippen LogP contribution in [0.2, 0.25) is 0 Å². The first-order chi connectivity index (χ1) is 6.47. The summed E-state index contributed by atoms with van der Waals surface area (Å²) >= 11 is 1.68. The average molecular weight is 208 g/mol. The SMILES string of the molecule is CC(C)(C)N.c1ccc2scnc2c1. The zero-order valence-corrected chi connectivity index (χ0v) is 9.64. The van der Waals surface area contributed by atoms with Gasteiger partial charge in [-0.25, -0.2) is 4.98 Å². The minimum Gasteiger partial charge on any atom is -0.326 e. The zero-order valence-electron chi connectivity index (χ0n) is 8.82. The Balaban J connectivity index is 0.000000171. The van der Waals surface area contributed by atoms with Crippen molar-refractivity contribution in [2.24, 2.45) is 5.73 Å². The van der Waals surface area contributed by atoms with E-state index in [1.807, 2.05) is 44.5 Å².